The first-order valence-electron chi connectivity index (χ1n) is 3.30. The van der Waals surface area contributed by atoms with Gasteiger partial charge in [-0.2, -0.15) is 0 Å². The Bertz CT molecular complexity index is 286. The molecule has 0 fully saturated rings. The van der Waals surface area contributed by atoms with Crippen LogP contribution in [-0.2, 0) is 4.79 Å². The summed E-state index contributed by atoms with van der Waals surface area (Å²) in [5, 5.41) is 3.66. The van der Waals surface area contributed by atoms with E-state index >= 15 is 0 Å². The lowest BCUT2D eigenvalue weighted by molar-refractivity contribution is -0.112. The van der Waals surface area contributed by atoms with Crippen molar-refractivity contribution in [1.82, 2.24) is 5.16 Å². The molecule has 0 saturated heterocycles. The molecule has 0 amide bonds. The maximum Gasteiger partial charge on any atom is 0.160 e. The molecule has 1 aromatic heterocycles. The van der Waals surface area contributed by atoms with E-state index in [1.54, 1.807) is 12.1 Å². The second kappa shape index (κ2) is 3.14. The molecular formula is C8H9NO2. The van der Waals surface area contributed by atoms with Crippen LogP contribution in [0.2, 0.25) is 0 Å². The van der Waals surface area contributed by atoms with Crippen LogP contribution in [0.1, 0.15) is 18.4 Å². The van der Waals surface area contributed by atoms with E-state index in [0.29, 0.717) is 5.76 Å². The Balaban J connectivity index is 2.71. The van der Waals surface area contributed by atoms with E-state index in [2.05, 4.69) is 5.16 Å². The van der Waals surface area contributed by atoms with Crippen LogP contribution in [0.5, 0.6) is 0 Å². The van der Waals surface area contributed by atoms with Crippen LogP contribution in [-0.4, -0.2) is 10.9 Å². The van der Waals surface area contributed by atoms with Gasteiger partial charge < -0.3 is 4.52 Å². The molecular weight excluding hydrogens is 142 g/mol. The standard InChI is InChI=1S/C8H9NO2/c1-6-5-8(11-9-6)4-3-7(2)10/h3-5H,1-2H3/b4-3+. The van der Waals surface area contributed by atoms with E-state index in [1.165, 1.54) is 13.0 Å². The predicted octanol–water partition coefficient (Wildman–Crippen LogP) is 1.59. The predicted molar refractivity (Wildman–Crippen MR) is 41.0 cm³/mol. The van der Waals surface area contributed by atoms with E-state index in [9.17, 15) is 4.79 Å². The summed E-state index contributed by atoms with van der Waals surface area (Å²) in [5.41, 5.74) is 0.813. The van der Waals surface area contributed by atoms with Crippen LogP contribution >= 0.6 is 0 Å². The normalized spacial score (nSPS) is 10.7. The zero-order chi connectivity index (χ0) is 8.27. The first-order valence-corrected chi connectivity index (χ1v) is 3.30. The van der Waals surface area contributed by atoms with Gasteiger partial charge in [0.2, 0.25) is 0 Å². The van der Waals surface area contributed by atoms with Gasteiger partial charge in [-0.25, -0.2) is 0 Å². The van der Waals surface area contributed by atoms with Gasteiger partial charge in [-0.3, -0.25) is 4.79 Å². The molecule has 0 aromatic carbocycles. The van der Waals surface area contributed by atoms with Gasteiger partial charge in [-0.1, -0.05) is 5.16 Å². The topological polar surface area (TPSA) is 43.1 Å². The molecule has 0 aliphatic rings. The monoisotopic (exact) mass is 151 g/mol. The van der Waals surface area contributed by atoms with Gasteiger partial charge in [-0.15, -0.1) is 0 Å². The van der Waals surface area contributed by atoms with Crippen LogP contribution in [0.15, 0.2) is 16.7 Å². The molecule has 0 bridgehead atoms. The van der Waals surface area contributed by atoms with Gasteiger partial charge in [0.25, 0.3) is 0 Å². The number of hydrogen-bond donors (Lipinski definition) is 0. The number of ketones is 1. The second-order valence-electron chi connectivity index (χ2n) is 2.31. The Morgan fingerprint density at radius 2 is 2.45 bits per heavy atom. The highest BCUT2D eigenvalue weighted by atomic mass is 16.5. The summed E-state index contributed by atoms with van der Waals surface area (Å²) >= 11 is 0. The average Bonchev–Trinajstić information content (AvgIpc) is 2.31. The summed E-state index contributed by atoms with van der Waals surface area (Å²) in [6.45, 7) is 3.31. The fraction of sp³-hybridized carbons (Fsp3) is 0.250. The summed E-state index contributed by atoms with van der Waals surface area (Å²) in [4.78, 5) is 10.5. The maximum atomic E-state index is 10.5. The van der Waals surface area contributed by atoms with Gasteiger partial charge >= 0.3 is 0 Å². The van der Waals surface area contributed by atoms with Gasteiger partial charge in [-0.05, 0) is 26.0 Å². The van der Waals surface area contributed by atoms with Crippen molar-refractivity contribution in [2.45, 2.75) is 13.8 Å². The van der Waals surface area contributed by atoms with Crippen LogP contribution in [0.3, 0.4) is 0 Å². The highest BCUT2D eigenvalue weighted by molar-refractivity contribution is 5.91. The minimum atomic E-state index is -0.000877. The van der Waals surface area contributed by atoms with Gasteiger partial charge in [0.15, 0.2) is 11.5 Å². The third kappa shape index (κ3) is 2.37. The van der Waals surface area contributed by atoms with E-state index in [4.69, 9.17) is 4.52 Å². The molecule has 0 atom stereocenters. The van der Waals surface area contributed by atoms with Crippen LogP contribution in [0, 0.1) is 6.92 Å². The lowest BCUT2D eigenvalue weighted by atomic mass is 10.3. The molecule has 0 spiro atoms. The third-order valence-electron chi connectivity index (χ3n) is 1.13. The van der Waals surface area contributed by atoms with Crippen molar-refractivity contribution < 1.29 is 9.32 Å². The smallest absolute Gasteiger partial charge is 0.160 e. The molecule has 0 aliphatic carbocycles. The average molecular weight is 151 g/mol. The van der Waals surface area contributed by atoms with Gasteiger partial charge in [0.1, 0.15) is 0 Å². The molecule has 0 N–H and O–H groups in total. The molecule has 58 valence electrons. The molecule has 3 nitrogen and oxygen atoms in total. The zero-order valence-electron chi connectivity index (χ0n) is 6.50. The highest BCUT2D eigenvalue weighted by Crippen LogP contribution is 2.03. The number of aryl methyl sites for hydroxylation is 1. The minimum absolute atomic E-state index is 0.000877. The van der Waals surface area contributed by atoms with E-state index in [0.717, 1.165) is 5.69 Å². The Kier molecular flexibility index (Phi) is 2.21. The van der Waals surface area contributed by atoms with Gasteiger partial charge in [0, 0.05) is 6.07 Å². The highest BCUT2D eigenvalue weighted by Gasteiger charge is 1.94. The number of hydrogen-bond acceptors (Lipinski definition) is 3. The number of allylic oxidation sites excluding steroid dienone is 1. The molecule has 1 aromatic rings. The SMILES string of the molecule is CC(=O)/C=C/c1cc(C)no1. The Hall–Kier alpha value is -1.38. The summed E-state index contributed by atoms with van der Waals surface area (Å²) in [7, 11) is 0. The first kappa shape index (κ1) is 7.72. The quantitative estimate of drug-likeness (QED) is 0.603. The number of carbonyl (C=O) groups excluding carboxylic acids is 1. The van der Waals surface area contributed by atoms with Crippen molar-refractivity contribution in [2.75, 3.05) is 0 Å². The number of rotatable bonds is 2. The van der Waals surface area contributed by atoms with Crippen LogP contribution in [0.25, 0.3) is 6.08 Å². The molecule has 0 radical (unpaired) electrons. The lowest BCUT2D eigenvalue weighted by Gasteiger charge is -1.77. The van der Waals surface area contributed by atoms with Gasteiger partial charge in [0.05, 0.1) is 5.69 Å². The lowest BCUT2D eigenvalue weighted by Crippen LogP contribution is -1.78. The van der Waals surface area contributed by atoms with E-state index in [-0.39, 0.29) is 5.78 Å². The Morgan fingerprint density at radius 1 is 1.73 bits per heavy atom. The molecule has 11 heavy (non-hydrogen) atoms. The number of aromatic nitrogens is 1. The molecule has 0 saturated carbocycles. The number of nitrogens with zero attached hydrogens (tertiary/aromatic N) is 1. The third-order valence-corrected chi connectivity index (χ3v) is 1.13. The Morgan fingerprint density at radius 3 is 2.91 bits per heavy atom. The number of carbonyl (C=O) groups is 1. The molecule has 1 rings (SSSR count). The molecule has 0 aliphatic heterocycles. The van der Waals surface area contributed by atoms with Crippen molar-refractivity contribution in [3.63, 3.8) is 0 Å². The van der Waals surface area contributed by atoms with Crippen molar-refractivity contribution >= 4 is 11.9 Å². The largest absolute Gasteiger partial charge is 0.357 e. The molecule has 0 unspecified atom stereocenters. The summed E-state index contributed by atoms with van der Waals surface area (Å²) in [6, 6.07) is 1.76. The van der Waals surface area contributed by atoms with Crippen molar-refractivity contribution in [3.05, 3.63) is 23.6 Å². The summed E-state index contributed by atoms with van der Waals surface area (Å²) in [6.07, 6.45) is 3.04. The van der Waals surface area contributed by atoms with E-state index < -0.39 is 0 Å². The molecule has 3 heteroatoms. The van der Waals surface area contributed by atoms with E-state index in [1.807, 2.05) is 6.92 Å². The maximum absolute atomic E-state index is 10.5. The van der Waals surface area contributed by atoms with Crippen molar-refractivity contribution in [3.8, 4) is 0 Å². The van der Waals surface area contributed by atoms with Crippen molar-refractivity contribution in [2.24, 2.45) is 0 Å². The van der Waals surface area contributed by atoms with Crippen LogP contribution in [0.4, 0.5) is 0 Å². The fourth-order valence-electron chi connectivity index (χ4n) is 0.661. The first-order chi connectivity index (χ1) is 5.18. The zero-order valence-corrected chi connectivity index (χ0v) is 6.50. The fourth-order valence-corrected chi connectivity index (χ4v) is 0.661. The molecule has 1 heterocycles. The van der Waals surface area contributed by atoms with Crippen LogP contribution < -0.4 is 0 Å². The summed E-state index contributed by atoms with van der Waals surface area (Å²) in [5.74, 6) is 0.608. The summed E-state index contributed by atoms with van der Waals surface area (Å²) < 4.78 is 4.83. The minimum Gasteiger partial charge on any atom is -0.357 e. The second-order valence-corrected chi connectivity index (χ2v) is 2.31. The Labute approximate surface area is 64.7 Å². The van der Waals surface area contributed by atoms with Crippen molar-refractivity contribution in [1.29, 1.82) is 0 Å².